The van der Waals surface area contributed by atoms with Crippen molar-refractivity contribution in [2.75, 3.05) is 13.2 Å². The molecule has 0 spiro atoms. The quantitative estimate of drug-likeness (QED) is 0.130. The van der Waals surface area contributed by atoms with Crippen LogP contribution in [0, 0.1) is 35.5 Å². The van der Waals surface area contributed by atoms with Gasteiger partial charge >= 0.3 is 23.9 Å². The first-order valence-electron chi connectivity index (χ1n) is 17.0. The standard InChI is InChI=1S/C35H49ClO14/c1-19(37)45-17-28-34(47-21(3)39)32(43)30(41)26(49-28)15-11-23-7-5-6-8-24(10-14-25(36)13-9-23)12-16-27-31(42)33(44)35(48-22(4)40)29(50-27)18-46-20(2)38/h23-35,41-44H,5-10,13-14,17-18H2,1-4H3/t23?,24?,25?,26-,27-,28-,29-,30-,31-,32-,33-,34-,35-/m1/s1. The topological polar surface area (TPSA) is 205 Å². The van der Waals surface area contributed by atoms with Gasteiger partial charge in [0.1, 0.15) is 62.0 Å². The minimum Gasteiger partial charge on any atom is -0.463 e. The molecular weight excluding hydrogens is 680 g/mol. The maximum Gasteiger partial charge on any atom is 0.303 e. The zero-order valence-electron chi connectivity index (χ0n) is 28.8. The van der Waals surface area contributed by atoms with Gasteiger partial charge in [0, 0.05) is 44.9 Å². The van der Waals surface area contributed by atoms with Crippen molar-refractivity contribution in [1.29, 1.82) is 0 Å². The molecule has 1 saturated carbocycles. The van der Waals surface area contributed by atoms with Crippen LogP contribution in [0.4, 0.5) is 0 Å². The van der Waals surface area contributed by atoms with Gasteiger partial charge in [0.2, 0.25) is 0 Å². The highest BCUT2D eigenvalue weighted by molar-refractivity contribution is 6.20. The van der Waals surface area contributed by atoms with Gasteiger partial charge in [-0.15, -0.1) is 11.6 Å². The Morgan fingerprint density at radius 2 is 0.960 bits per heavy atom. The van der Waals surface area contributed by atoms with E-state index >= 15 is 0 Å². The number of rotatable bonds is 6. The number of hydrogen-bond acceptors (Lipinski definition) is 14. The second-order valence-corrected chi connectivity index (χ2v) is 13.5. The van der Waals surface area contributed by atoms with Gasteiger partial charge in [-0.05, 0) is 38.5 Å². The number of alkyl halides is 1. The molecule has 280 valence electrons. The van der Waals surface area contributed by atoms with E-state index in [0.717, 1.165) is 39.5 Å². The molecule has 3 aliphatic rings. The fourth-order valence-electron chi connectivity index (χ4n) is 6.13. The fraction of sp³-hybridized carbons (Fsp3) is 0.771. The van der Waals surface area contributed by atoms with Crippen LogP contribution in [0.2, 0.25) is 0 Å². The summed E-state index contributed by atoms with van der Waals surface area (Å²) < 4.78 is 32.1. The summed E-state index contributed by atoms with van der Waals surface area (Å²) in [5.41, 5.74) is 0. The molecule has 3 fully saturated rings. The van der Waals surface area contributed by atoms with Crippen LogP contribution in [0.5, 0.6) is 0 Å². The van der Waals surface area contributed by atoms with E-state index < -0.39 is 84.9 Å². The van der Waals surface area contributed by atoms with E-state index in [1.54, 1.807) is 0 Å². The normalized spacial score (nSPS) is 36.5. The van der Waals surface area contributed by atoms with Crippen molar-refractivity contribution in [3.8, 4) is 23.7 Å². The molecule has 0 aromatic rings. The van der Waals surface area contributed by atoms with Crippen molar-refractivity contribution < 1.29 is 68.0 Å². The predicted molar refractivity (Wildman–Crippen MR) is 175 cm³/mol. The summed E-state index contributed by atoms with van der Waals surface area (Å²) in [5.74, 6) is 9.52. The molecule has 0 aromatic heterocycles. The highest BCUT2D eigenvalue weighted by Gasteiger charge is 2.47. The number of carbonyl (C=O) groups excluding carboxylic acids is 4. The van der Waals surface area contributed by atoms with E-state index in [4.69, 9.17) is 40.0 Å². The molecule has 14 nitrogen and oxygen atoms in total. The number of aliphatic hydroxyl groups excluding tert-OH is 4. The number of halogens is 1. The summed E-state index contributed by atoms with van der Waals surface area (Å²) in [5, 5.41) is 42.7. The highest BCUT2D eigenvalue weighted by atomic mass is 35.5. The van der Waals surface area contributed by atoms with Crippen LogP contribution in [0.1, 0.15) is 79.1 Å². The van der Waals surface area contributed by atoms with Crippen LogP contribution in [-0.2, 0) is 47.6 Å². The van der Waals surface area contributed by atoms with Crippen LogP contribution in [0.25, 0.3) is 0 Å². The van der Waals surface area contributed by atoms with E-state index in [1.165, 1.54) is 13.8 Å². The second-order valence-electron chi connectivity index (χ2n) is 12.9. The monoisotopic (exact) mass is 728 g/mol. The average Bonchev–Trinajstić information content (AvgIpc) is 3.08. The second kappa shape index (κ2) is 20.2. The summed E-state index contributed by atoms with van der Waals surface area (Å²) in [6.07, 6.45) is -7.00. The van der Waals surface area contributed by atoms with Crippen molar-refractivity contribution in [2.24, 2.45) is 11.8 Å². The summed E-state index contributed by atoms with van der Waals surface area (Å²) in [4.78, 5) is 46.0. The van der Waals surface area contributed by atoms with Crippen LogP contribution in [-0.4, -0.2) is 124 Å². The third-order valence-corrected chi connectivity index (χ3v) is 9.18. The first kappa shape index (κ1) is 41.5. The van der Waals surface area contributed by atoms with Gasteiger partial charge in [0.25, 0.3) is 0 Å². The number of hydrogen-bond donors (Lipinski definition) is 4. The van der Waals surface area contributed by atoms with E-state index in [2.05, 4.69) is 23.7 Å². The van der Waals surface area contributed by atoms with Gasteiger partial charge in [-0.2, -0.15) is 0 Å². The summed E-state index contributed by atoms with van der Waals surface area (Å²) in [6.45, 7) is 4.13. The van der Waals surface area contributed by atoms with E-state index in [1.807, 2.05) is 0 Å². The molecule has 2 saturated heterocycles. The van der Waals surface area contributed by atoms with Crippen LogP contribution in [0.15, 0.2) is 0 Å². The molecule has 3 rings (SSSR count). The third kappa shape index (κ3) is 13.0. The van der Waals surface area contributed by atoms with Gasteiger partial charge in [-0.3, -0.25) is 19.2 Å². The van der Waals surface area contributed by atoms with Crippen molar-refractivity contribution in [3.05, 3.63) is 0 Å². The molecule has 50 heavy (non-hydrogen) atoms. The van der Waals surface area contributed by atoms with E-state index in [0.29, 0.717) is 25.7 Å². The lowest BCUT2D eigenvalue weighted by atomic mass is 9.92. The molecule has 2 unspecified atom stereocenters. The minimum absolute atomic E-state index is 0.0865. The minimum atomic E-state index is -1.51. The SMILES string of the molecule is CC(=O)OC[C@H]1O[C@H](C#CC2CCCCC(C#C[C@H]3O[C@H](COC(C)=O)[C@@H](OC(C)=O)[C@H](O)[C@@H]3O)CCC(Cl)CC2)[C@@H](O)[C@@H](O)[C@@H]1OC(C)=O. The van der Waals surface area contributed by atoms with Crippen LogP contribution >= 0.6 is 11.6 Å². The molecule has 1 aliphatic carbocycles. The van der Waals surface area contributed by atoms with Crippen LogP contribution in [0.3, 0.4) is 0 Å². The fourth-order valence-corrected chi connectivity index (χ4v) is 6.38. The Bertz CT molecular complexity index is 1190. The third-order valence-electron chi connectivity index (χ3n) is 8.75. The van der Waals surface area contributed by atoms with Gasteiger partial charge in [-0.25, -0.2) is 0 Å². The van der Waals surface area contributed by atoms with Crippen molar-refractivity contribution in [2.45, 2.75) is 145 Å². The maximum atomic E-state index is 11.6. The molecule has 0 amide bonds. The number of esters is 4. The first-order valence-corrected chi connectivity index (χ1v) is 17.4. The molecule has 0 aromatic carbocycles. The molecule has 0 bridgehead atoms. The van der Waals surface area contributed by atoms with Gasteiger partial charge < -0.3 is 48.8 Å². The Balaban J connectivity index is 1.66. The maximum absolute atomic E-state index is 11.6. The molecular formula is C35H49ClO14. The number of carbonyl (C=O) groups is 4. The molecule has 4 N–H and O–H groups in total. The van der Waals surface area contributed by atoms with Gasteiger partial charge in [0.05, 0.1) is 0 Å². The molecule has 15 heteroatoms. The molecule has 2 aliphatic heterocycles. The zero-order chi connectivity index (χ0) is 37.0. The van der Waals surface area contributed by atoms with Crippen molar-refractivity contribution >= 4 is 35.5 Å². The summed E-state index contributed by atoms with van der Waals surface area (Å²) in [6, 6.07) is 0. The summed E-state index contributed by atoms with van der Waals surface area (Å²) >= 11 is 6.70. The Hall–Kier alpha value is -2.95. The molecule has 2 heterocycles. The highest BCUT2D eigenvalue weighted by Crippen LogP contribution is 2.29. The zero-order valence-corrected chi connectivity index (χ0v) is 29.6. The molecule has 0 radical (unpaired) electrons. The summed E-state index contributed by atoms with van der Waals surface area (Å²) in [7, 11) is 0. The number of ether oxygens (including phenoxy) is 6. The van der Waals surface area contributed by atoms with Crippen molar-refractivity contribution in [1.82, 2.24) is 0 Å². The lowest BCUT2D eigenvalue weighted by Crippen LogP contribution is -2.59. The van der Waals surface area contributed by atoms with Crippen LogP contribution < -0.4 is 0 Å². The van der Waals surface area contributed by atoms with E-state index in [-0.39, 0.29) is 30.4 Å². The predicted octanol–water partition coefficient (Wildman–Crippen LogP) is 0.935. The Morgan fingerprint density at radius 1 is 0.580 bits per heavy atom. The molecule has 12 atom stereocenters. The smallest absolute Gasteiger partial charge is 0.303 e. The first-order chi connectivity index (χ1) is 23.7. The average molecular weight is 729 g/mol. The number of aliphatic hydroxyl groups is 4. The Morgan fingerprint density at radius 3 is 1.30 bits per heavy atom. The lowest BCUT2D eigenvalue weighted by Gasteiger charge is -2.40. The Kier molecular flexibility index (Phi) is 16.7. The van der Waals surface area contributed by atoms with E-state index in [9.17, 15) is 39.6 Å². The van der Waals surface area contributed by atoms with Gasteiger partial charge in [0.15, 0.2) is 12.2 Å². The Labute approximate surface area is 297 Å². The lowest BCUT2D eigenvalue weighted by molar-refractivity contribution is -0.229. The van der Waals surface area contributed by atoms with Crippen molar-refractivity contribution in [3.63, 3.8) is 0 Å². The largest absolute Gasteiger partial charge is 0.463 e. The van der Waals surface area contributed by atoms with Gasteiger partial charge in [-0.1, -0.05) is 36.5 Å².